The maximum atomic E-state index is 12.8. The van der Waals surface area contributed by atoms with Crippen LogP contribution in [0.4, 0.5) is 0 Å². The fourth-order valence-electron chi connectivity index (χ4n) is 2.88. The van der Waals surface area contributed by atoms with Crippen molar-refractivity contribution in [2.24, 2.45) is 5.92 Å². The lowest BCUT2D eigenvalue weighted by atomic mass is 10.1. The van der Waals surface area contributed by atoms with Crippen molar-refractivity contribution in [2.75, 3.05) is 6.54 Å². The molecule has 1 aliphatic heterocycles. The molecule has 0 radical (unpaired) electrons. The summed E-state index contributed by atoms with van der Waals surface area (Å²) < 4.78 is 33.0. The minimum absolute atomic E-state index is 0.288. The van der Waals surface area contributed by atoms with E-state index in [1.165, 1.54) is 4.31 Å². The molecule has 24 heavy (non-hydrogen) atoms. The van der Waals surface area contributed by atoms with Crippen LogP contribution in [0.5, 0.6) is 0 Å². The number of fused-ring (bicyclic) bond motifs is 1. The highest BCUT2D eigenvalue weighted by Gasteiger charge is 2.31. The van der Waals surface area contributed by atoms with Crippen LogP contribution in [0.2, 0.25) is 0 Å². The van der Waals surface area contributed by atoms with Gasteiger partial charge >= 0.3 is 0 Å². The summed E-state index contributed by atoms with van der Waals surface area (Å²) >= 11 is 0. The summed E-state index contributed by atoms with van der Waals surface area (Å²) in [6, 6.07) is 7.03. The molecule has 2 heterocycles. The maximum absolute atomic E-state index is 12.8. The van der Waals surface area contributed by atoms with Gasteiger partial charge in [-0.2, -0.15) is 4.31 Å². The predicted octanol–water partition coefficient (Wildman–Crippen LogP) is 3.32. The van der Waals surface area contributed by atoms with Gasteiger partial charge in [0.25, 0.3) is 0 Å². The van der Waals surface area contributed by atoms with Crippen molar-refractivity contribution >= 4 is 10.0 Å². The first-order valence-electron chi connectivity index (χ1n) is 8.40. The summed E-state index contributed by atoms with van der Waals surface area (Å²) in [7, 11) is -3.49. The number of hydrogen-bond donors (Lipinski definition) is 0. The van der Waals surface area contributed by atoms with Crippen LogP contribution in [-0.2, 0) is 29.4 Å². The number of rotatable bonds is 5. The van der Waals surface area contributed by atoms with Gasteiger partial charge in [-0.05, 0) is 37.0 Å². The Labute approximate surface area is 143 Å². The van der Waals surface area contributed by atoms with E-state index in [9.17, 15) is 8.42 Å². The van der Waals surface area contributed by atoms with Gasteiger partial charge in [0.05, 0.1) is 17.1 Å². The number of oxazole rings is 1. The van der Waals surface area contributed by atoms with Crippen molar-refractivity contribution in [3.8, 4) is 0 Å². The van der Waals surface area contributed by atoms with Crippen molar-refractivity contribution in [3.63, 3.8) is 0 Å². The Morgan fingerprint density at radius 2 is 2.12 bits per heavy atom. The lowest BCUT2D eigenvalue weighted by molar-refractivity contribution is 0.354. The molecule has 0 saturated carbocycles. The molecule has 0 atom stereocenters. The zero-order valence-electron chi connectivity index (χ0n) is 14.4. The highest BCUT2D eigenvalue weighted by molar-refractivity contribution is 7.89. The Bertz CT molecular complexity index is 825. The van der Waals surface area contributed by atoms with Crippen molar-refractivity contribution in [3.05, 3.63) is 47.2 Å². The SMILES string of the molecule is Cc1cccc(S(=O)(=O)N2CCc3oc(CCC(C)C)nc3C2)c1. The van der Waals surface area contributed by atoms with Crippen LogP contribution in [0.15, 0.2) is 33.6 Å². The van der Waals surface area contributed by atoms with Crippen molar-refractivity contribution in [1.82, 2.24) is 9.29 Å². The van der Waals surface area contributed by atoms with E-state index in [1.807, 2.05) is 13.0 Å². The first-order valence-corrected chi connectivity index (χ1v) is 9.84. The second kappa shape index (κ2) is 6.69. The molecule has 0 N–H and O–H groups in total. The number of hydrogen-bond acceptors (Lipinski definition) is 4. The zero-order chi connectivity index (χ0) is 17.3. The zero-order valence-corrected chi connectivity index (χ0v) is 15.3. The van der Waals surface area contributed by atoms with Gasteiger partial charge in [-0.25, -0.2) is 13.4 Å². The van der Waals surface area contributed by atoms with Crippen LogP contribution < -0.4 is 0 Å². The topological polar surface area (TPSA) is 63.4 Å². The van der Waals surface area contributed by atoms with E-state index in [-0.39, 0.29) is 6.54 Å². The Morgan fingerprint density at radius 3 is 2.83 bits per heavy atom. The highest BCUT2D eigenvalue weighted by atomic mass is 32.2. The molecule has 0 spiro atoms. The molecule has 3 rings (SSSR count). The quantitative estimate of drug-likeness (QED) is 0.831. The number of aryl methyl sites for hydroxylation is 2. The van der Waals surface area contributed by atoms with E-state index in [0.717, 1.165) is 35.7 Å². The number of benzene rings is 1. The lowest BCUT2D eigenvalue weighted by Gasteiger charge is -2.24. The second-order valence-electron chi connectivity index (χ2n) is 6.82. The molecule has 5 nitrogen and oxygen atoms in total. The van der Waals surface area contributed by atoms with Gasteiger partial charge in [-0.3, -0.25) is 0 Å². The summed E-state index contributed by atoms with van der Waals surface area (Å²) in [6.07, 6.45) is 2.40. The van der Waals surface area contributed by atoms with Crippen LogP contribution in [-0.4, -0.2) is 24.3 Å². The van der Waals surface area contributed by atoms with Gasteiger partial charge in [0.15, 0.2) is 5.89 Å². The Balaban J connectivity index is 1.79. The van der Waals surface area contributed by atoms with Gasteiger partial charge < -0.3 is 4.42 Å². The van der Waals surface area contributed by atoms with E-state index < -0.39 is 10.0 Å². The molecule has 1 aromatic carbocycles. The Kier molecular flexibility index (Phi) is 4.78. The molecule has 1 aromatic heterocycles. The van der Waals surface area contributed by atoms with Gasteiger partial charge in [-0.1, -0.05) is 26.0 Å². The average molecular weight is 348 g/mol. The van der Waals surface area contributed by atoms with Gasteiger partial charge in [-0.15, -0.1) is 0 Å². The Morgan fingerprint density at radius 1 is 1.33 bits per heavy atom. The molecule has 0 amide bonds. The largest absolute Gasteiger partial charge is 0.445 e. The molecule has 6 heteroatoms. The van der Waals surface area contributed by atoms with Gasteiger partial charge in [0.1, 0.15) is 5.76 Å². The van der Waals surface area contributed by atoms with Crippen molar-refractivity contribution in [2.45, 2.75) is 51.5 Å². The third-order valence-corrected chi connectivity index (χ3v) is 6.14. The smallest absolute Gasteiger partial charge is 0.243 e. The number of nitrogens with zero attached hydrogens (tertiary/aromatic N) is 2. The fraction of sp³-hybridized carbons (Fsp3) is 0.500. The monoisotopic (exact) mass is 348 g/mol. The van der Waals surface area contributed by atoms with Gasteiger partial charge in [0.2, 0.25) is 10.0 Å². The Hall–Kier alpha value is -1.66. The van der Waals surface area contributed by atoms with Crippen molar-refractivity contribution < 1.29 is 12.8 Å². The normalized spacial score (nSPS) is 15.7. The molecule has 0 unspecified atom stereocenters. The highest BCUT2D eigenvalue weighted by Crippen LogP contribution is 2.26. The first kappa shape index (κ1) is 17.2. The van der Waals surface area contributed by atoms with E-state index in [1.54, 1.807) is 18.2 Å². The maximum Gasteiger partial charge on any atom is 0.243 e. The molecule has 1 aliphatic rings. The van der Waals surface area contributed by atoms with Crippen molar-refractivity contribution in [1.29, 1.82) is 0 Å². The van der Waals surface area contributed by atoms with E-state index in [0.29, 0.717) is 23.8 Å². The molecule has 0 fully saturated rings. The van der Waals surface area contributed by atoms with Crippen LogP contribution in [0.1, 0.15) is 43.2 Å². The number of aromatic nitrogens is 1. The molecular weight excluding hydrogens is 324 g/mol. The molecule has 2 aromatic rings. The predicted molar refractivity (Wildman–Crippen MR) is 92.1 cm³/mol. The minimum atomic E-state index is -3.49. The molecule has 0 bridgehead atoms. The van der Waals surface area contributed by atoms with Crippen LogP contribution in [0.3, 0.4) is 0 Å². The summed E-state index contributed by atoms with van der Waals surface area (Å²) in [4.78, 5) is 4.87. The van der Waals surface area contributed by atoms with Gasteiger partial charge in [0, 0.05) is 19.4 Å². The molecular formula is C18H24N2O3S. The molecule has 130 valence electrons. The third kappa shape index (κ3) is 3.54. The average Bonchev–Trinajstić information content (AvgIpc) is 2.95. The molecule has 0 saturated heterocycles. The number of sulfonamides is 1. The fourth-order valence-corrected chi connectivity index (χ4v) is 4.38. The summed E-state index contributed by atoms with van der Waals surface area (Å²) in [6.45, 7) is 6.95. The molecule has 0 aliphatic carbocycles. The summed E-state index contributed by atoms with van der Waals surface area (Å²) in [5, 5.41) is 0. The lowest BCUT2D eigenvalue weighted by Crippen LogP contribution is -2.35. The summed E-state index contributed by atoms with van der Waals surface area (Å²) in [5.74, 6) is 2.15. The minimum Gasteiger partial charge on any atom is -0.445 e. The third-order valence-electron chi connectivity index (χ3n) is 4.30. The van der Waals surface area contributed by atoms with E-state index in [2.05, 4.69) is 18.8 Å². The van der Waals surface area contributed by atoms with E-state index >= 15 is 0 Å². The summed E-state index contributed by atoms with van der Waals surface area (Å²) in [5.41, 5.74) is 1.70. The first-order chi connectivity index (χ1) is 11.4. The second-order valence-corrected chi connectivity index (χ2v) is 8.75. The van der Waals surface area contributed by atoms with E-state index in [4.69, 9.17) is 4.42 Å². The standard InChI is InChI=1S/C18H24N2O3S/c1-13(2)7-8-18-19-16-12-20(10-9-17(16)23-18)24(21,22)15-6-4-5-14(3)11-15/h4-6,11,13H,7-10,12H2,1-3H3. The van der Waals surface area contributed by atoms with Crippen LogP contribution >= 0.6 is 0 Å². The van der Waals surface area contributed by atoms with Crippen LogP contribution in [0, 0.1) is 12.8 Å². The van der Waals surface area contributed by atoms with Crippen LogP contribution in [0.25, 0.3) is 0 Å².